The minimum Gasteiger partial charge on any atom is -0.340 e. The van der Waals surface area contributed by atoms with Gasteiger partial charge in [0.2, 0.25) is 5.91 Å². The fraction of sp³-hybridized carbons (Fsp3) is 0.333. The van der Waals surface area contributed by atoms with Crippen LogP contribution in [0, 0.1) is 0 Å². The SMILES string of the molecule is O=C1NC(C(=O)N2CCN(Cc3ccccc3)CC2)Cc2ccccc21. The van der Waals surface area contributed by atoms with Gasteiger partial charge in [-0.3, -0.25) is 14.5 Å². The van der Waals surface area contributed by atoms with Crippen LogP contribution in [0.5, 0.6) is 0 Å². The molecular formula is C21H23N3O2. The molecule has 134 valence electrons. The van der Waals surface area contributed by atoms with E-state index in [1.54, 1.807) is 0 Å². The molecule has 2 aromatic rings. The predicted molar refractivity (Wildman–Crippen MR) is 99.7 cm³/mol. The van der Waals surface area contributed by atoms with Crippen LogP contribution in [-0.4, -0.2) is 53.8 Å². The number of amides is 2. The highest BCUT2D eigenvalue weighted by Crippen LogP contribution is 2.18. The number of piperazine rings is 1. The van der Waals surface area contributed by atoms with Gasteiger partial charge in [-0.25, -0.2) is 0 Å². The van der Waals surface area contributed by atoms with Gasteiger partial charge in [-0.05, 0) is 17.2 Å². The average Bonchev–Trinajstić information content (AvgIpc) is 2.69. The van der Waals surface area contributed by atoms with E-state index < -0.39 is 6.04 Å². The minimum atomic E-state index is -0.446. The third kappa shape index (κ3) is 3.48. The Labute approximate surface area is 153 Å². The van der Waals surface area contributed by atoms with Crippen molar-refractivity contribution in [2.24, 2.45) is 0 Å². The molecule has 1 N–H and O–H groups in total. The first-order valence-electron chi connectivity index (χ1n) is 9.14. The Balaban J connectivity index is 1.35. The molecule has 2 aliphatic rings. The Morgan fingerprint density at radius 2 is 1.65 bits per heavy atom. The Morgan fingerprint density at radius 3 is 2.42 bits per heavy atom. The number of nitrogens with zero attached hydrogens (tertiary/aromatic N) is 2. The van der Waals surface area contributed by atoms with Crippen molar-refractivity contribution in [1.29, 1.82) is 0 Å². The first kappa shape index (κ1) is 16.8. The maximum absolute atomic E-state index is 12.9. The summed E-state index contributed by atoms with van der Waals surface area (Å²) in [7, 11) is 0. The summed E-state index contributed by atoms with van der Waals surface area (Å²) in [5.74, 6) is -0.111. The second-order valence-electron chi connectivity index (χ2n) is 6.97. The van der Waals surface area contributed by atoms with E-state index >= 15 is 0 Å². The van der Waals surface area contributed by atoms with Crippen LogP contribution in [-0.2, 0) is 17.8 Å². The summed E-state index contributed by atoms with van der Waals surface area (Å²) >= 11 is 0. The number of hydrogen-bond acceptors (Lipinski definition) is 3. The van der Waals surface area contributed by atoms with Gasteiger partial charge in [0.05, 0.1) is 0 Å². The molecule has 2 aliphatic heterocycles. The number of nitrogens with one attached hydrogen (secondary N) is 1. The molecule has 5 heteroatoms. The van der Waals surface area contributed by atoms with Gasteiger partial charge in [0.15, 0.2) is 0 Å². The van der Waals surface area contributed by atoms with Crippen LogP contribution in [0.2, 0.25) is 0 Å². The first-order valence-corrected chi connectivity index (χ1v) is 9.14. The van der Waals surface area contributed by atoms with E-state index in [1.165, 1.54) is 5.56 Å². The highest BCUT2D eigenvalue weighted by Gasteiger charge is 2.32. The van der Waals surface area contributed by atoms with Crippen molar-refractivity contribution in [1.82, 2.24) is 15.1 Å². The molecule has 1 saturated heterocycles. The molecule has 1 atom stereocenters. The molecule has 26 heavy (non-hydrogen) atoms. The lowest BCUT2D eigenvalue weighted by Gasteiger charge is -2.37. The number of hydrogen-bond donors (Lipinski definition) is 1. The Hall–Kier alpha value is -2.66. The van der Waals surface area contributed by atoms with E-state index in [4.69, 9.17) is 0 Å². The van der Waals surface area contributed by atoms with Crippen molar-refractivity contribution >= 4 is 11.8 Å². The maximum Gasteiger partial charge on any atom is 0.252 e. The molecule has 2 heterocycles. The second kappa shape index (κ2) is 7.30. The fourth-order valence-electron chi connectivity index (χ4n) is 3.76. The van der Waals surface area contributed by atoms with Gasteiger partial charge in [0, 0.05) is 44.7 Å². The van der Waals surface area contributed by atoms with Crippen LogP contribution in [0.25, 0.3) is 0 Å². The summed E-state index contributed by atoms with van der Waals surface area (Å²) in [5.41, 5.74) is 2.94. The molecule has 1 unspecified atom stereocenters. The molecule has 0 aliphatic carbocycles. The summed E-state index contributed by atoms with van der Waals surface area (Å²) in [5, 5.41) is 2.88. The molecular weight excluding hydrogens is 326 g/mol. The van der Waals surface area contributed by atoms with Crippen molar-refractivity contribution in [2.75, 3.05) is 26.2 Å². The third-order valence-corrected chi connectivity index (χ3v) is 5.22. The fourth-order valence-corrected chi connectivity index (χ4v) is 3.76. The molecule has 0 radical (unpaired) electrons. The largest absolute Gasteiger partial charge is 0.340 e. The van der Waals surface area contributed by atoms with Crippen molar-refractivity contribution in [2.45, 2.75) is 19.0 Å². The third-order valence-electron chi connectivity index (χ3n) is 5.22. The molecule has 0 aromatic heterocycles. The minimum absolute atomic E-state index is 0.0345. The summed E-state index contributed by atoms with van der Waals surface area (Å²) in [6.07, 6.45) is 0.574. The van der Waals surface area contributed by atoms with Crippen LogP contribution in [0.4, 0.5) is 0 Å². The Bertz CT molecular complexity index is 798. The number of benzene rings is 2. The number of rotatable bonds is 3. The van der Waals surface area contributed by atoms with Gasteiger partial charge < -0.3 is 10.2 Å². The zero-order valence-electron chi connectivity index (χ0n) is 14.7. The summed E-state index contributed by atoms with van der Waals surface area (Å²) in [6, 6.07) is 17.5. The first-order chi connectivity index (χ1) is 12.7. The van der Waals surface area contributed by atoms with Gasteiger partial charge >= 0.3 is 0 Å². The Morgan fingerprint density at radius 1 is 0.962 bits per heavy atom. The molecule has 2 aromatic carbocycles. The zero-order chi connectivity index (χ0) is 17.9. The average molecular weight is 349 g/mol. The standard InChI is InChI=1S/C21H23N3O2/c25-20-18-9-5-4-8-17(18)14-19(22-20)21(26)24-12-10-23(11-13-24)15-16-6-2-1-3-7-16/h1-9,19H,10-15H2,(H,22,25). The van der Waals surface area contributed by atoms with Gasteiger partial charge in [-0.15, -0.1) is 0 Å². The smallest absolute Gasteiger partial charge is 0.252 e. The van der Waals surface area contributed by atoms with Crippen LogP contribution in [0.15, 0.2) is 54.6 Å². The quantitative estimate of drug-likeness (QED) is 0.917. The lowest BCUT2D eigenvalue weighted by molar-refractivity contribution is -0.135. The summed E-state index contributed by atoms with van der Waals surface area (Å²) in [4.78, 5) is 29.4. The monoisotopic (exact) mass is 349 g/mol. The zero-order valence-corrected chi connectivity index (χ0v) is 14.7. The van der Waals surface area contributed by atoms with Crippen molar-refractivity contribution in [3.05, 3.63) is 71.3 Å². The lowest BCUT2D eigenvalue weighted by Crippen LogP contribution is -2.56. The van der Waals surface area contributed by atoms with Gasteiger partial charge in [0.1, 0.15) is 6.04 Å². The topological polar surface area (TPSA) is 52.7 Å². The van der Waals surface area contributed by atoms with E-state index in [0.717, 1.165) is 25.2 Å². The highest BCUT2D eigenvalue weighted by molar-refractivity contribution is 6.00. The molecule has 2 amide bonds. The van der Waals surface area contributed by atoms with Crippen molar-refractivity contribution in [3.63, 3.8) is 0 Å². The number of carbonyl (C=O) groups excluding carboxylic acids is 2. The molecule has 1 fully saturated rings. The van der Waals surface area contributed by atoms with E-state index in [2.05, 4.69) is 34.5 Å². The molecule has 5 nitrogen and oxygen atoms in total. The maximum atomic E-state index is 12.9. The predicted octanol–water partition coefficient (Wildman–Crippen LogP) is 1.69. The summed E-state index contributed by atoms with van der Waals surface area (Å²) < 4.78 is 0. The lowest BCUT2D eigenvalue weighted by atomic mass is 9.94. The van der Waals surface area contributed by atoms with E-state index in [1.807, 2.05) is 35.2 Å². The molecule has 0 spiro atoms. The van der Waals surface area contributed by atoms with Crippen LogP contribution >= 0.6 is 0 Å². The summed E-state index contributed by atoms with van der Waals surface area (Å²) in [6.45, 7) is 4.05. The van der Waals surface area contributed by atoms with Crippen LogP contribution < -0.4 is 5.32 Å². The van der Waals surface area contributed by atoms with Crippen molar-refractivity contribution < 1.29 is 9.59 Å². The molecule has 0 bridgehead atoms. The van der Waals surface area contributed by atoms with Gasteiger partial charge in [-0.1, -0.05) is 48.5 Å². The Kier molecular flexibility index (Phi) is 4.71. The van der Waals surface area contributed by atoms with Crippen LogP contribution in [0.1, 0.15) is 21.5 Å². The number of carbonyl (C=O) groups is 2. The van der Waals surface area contributed by atoms with Gasteiger partial charge in [-0.2, -0.15) is 0 Å². The normalized spacial score (nSPS) is 20.4. The second-order valence-corrected chi connectivity index (χ2v) is 6.97. The van der Waals surface area contributed by atoms with E-state index in [9.17, 15) is 9.59 Å². The van der Waals surface area contributed by atoms with Gasteiger partial charge in [0.25, 0.3) is 5.91 Å². The molecule has 0 saturated carbocycles. The number of fused-ring (bicyclic) bond motifs is 1. The highest BCUT2D eigenvalue weighted by atomic mass is 16.2. The molecule has 4 rings (SSSR count). The van der Waals surface area contributed by atoms with Crippen molar-refractivity contribution in [3.8, 4) is 0 Å². The van der Waals surface area contributed by atoms with Crippen LogP contribution in [0.3, 0.4) is 0 Å². The van der Waals surface area contributed by atoms with E-state index in [0.29, 0.717) is 25.1 Å². The van der Waals surface area contributed by atoms with E-state index in [-0.39, 0.29) is 11.8 Å².